The van der Waals surface area contributed by atoms with E-state index in [4.69, 9.17) is 0 Å². The van der Waals surface area contributed by atoms with Crippen molar-refractivity contribution in [1.29, 1.82) is 0 Å². The largest absolute Gasteiger partial charge is 0.386 e. The van der Waals surface area contributed by atoms with Crippen LogP contribution in [0.2, 0.25) is 0 Å². The van der Waals surface area contributed by atoms with Crippen LogP contribution in [0.4, 0.5) is 0 Å². The van der Waals surface area contributed by atoms with Crippen LogP contribution in [0.3, 0.4) is 0 Å². The van der Waals surface area contributed by atoms with E-state index in [1.807, 2.05) is 67.6 Å². The van der Waals surface area contributed by atoms with Gasteiger partial charge in [-0.15, -0.1) is 0 Å². The minimum Gasteiger partial charge on any atom is -0.386 e. The molecule has 0 radical (unpaired) electrons. The van der Waals surface area contributed by atoms with E-state index in [9.17, 15) is 5.11 Å². The lowest BCUT2D eigenvalue weighted by molar-refractivity contribution is 0.103. The summed E-state index contributed by atoms with van der Waals surface area (Å²) in [7, 11) is 0. The van der Waals surface area contributed by atoms with E-state index < -0.39 is 5.60 Å². The van der Waals surface area contributed by atoms with E-state index in [1.165, 1.54) is 5.56 Å². The summed E-state index contributed by atoms with van der Waals surface area (Å²) in [6.45, 7) is 1.86. The number of aryl methyl sites for hydroxylation is 1. The maximum Gasteiger partial charge on any atom is 0.0806 e. The summed E-state index contributed by atoms with van der Waals surface area (Å²) in [5.41, 5.74) is 1.60. The SMILES string of the molecule is CC(O)(/C=C/c1ccccc1)CCc1ccccc1. The van der Waals surface area contributed by atoms with Gasteiger partial charge in [0.1, 0.15) is 0 Å². The van der Waals surface area contributed by atoms with Crippen molar-refractivity contribution in [3.63, 3.8) is 0 Å². The molecule has 1 atom stereocenters. The van der Waals surface area contributed by atoms with Gasteiger partial charge in [0.2, 0.25) is 0 Å². The minimum absolute atomic E-state index is 0.723. The van der Waals surface area contributed by atoms with Crippen LogP contribution < -0.4 is 0 Å². The molecule has 0 saturated heterocycles. The Morgan fingerprint density at radius 1 is 0.947 bits per heavy atom. The van der Waals surface area contributed by atoms with Gasteiger partial charge in [0, 0.05) is 0 Å². The van der Waals surface area contributed by atoms with E-state index in [1.54, 1.807) is 0 Å². The smallest absolute Gasteiger partial charge is 0.0806 e. The van der Waals surface area contributed by atoms with Gasteiger partial charge in [-0.25, -0.2) is 0 Å². The van der Waals surface area contributed by atoms with Crippen molar-refractivity contribution in [2.24, 2.45) is 0 Å². The first-order chi connectivity index (χ1) is 9.16. The molecule has 0 spiro atoms. The number of hydrogen-bond donors (Lipinski definition) is 1. The van der Waals surface area contributed by atoms with Crippen molar-refractivity contribution in [2.45, 2.75) is 25.4 Å². The minimum atomic E-state index is -0.772. The quantitative estimate of drug-likeness (QED) is 0.850. The Morgan fingerprint density at radius 2 is 1.53 bits per heavy atom. The molecule has 0 heterocycles. The summed E-state index contributed by atoms with van der Waals surface area (Å²) in [6.07, 6.45) is 5.46. The summed E-state index contributed by atoms with van der Waals surface area (Å²) in [6, 6.07) is 20.3. The fourth-order valence-corrected chi connectivity index (χ4v) is 1.97. The Labute approximate surface area is 115 Å². The van der Waals surface area contributed by atoms with Gasteiger partial charge in [-0.3, -0.25) is 0 Å². The molecule has 1 nitrogen and oxygen atoms in total. The second-order valence-corrected chi connectivity index (χ2v) is 5.09. The summed E-state index contributed by atoms with van der Waals surface area (Å²) in [5, 5.41) is 10.4. The van der Waals surface area contributed by atoms with E-state index in [0.717, 1.165) is 18.4 Å². The maximum atomic E-state index is 10.4. The van der Waals surface area contributed by atoms with E-state index in [2.05, 4.69) is 12.1 Å². The van der Waals surface area contributed by atoms with Crippen molar-refractivity contribution in [3.8, 4) is 0 Å². The Hall–Kier alpha value is -1.86. The molecule has 98 valence electrons. The number of rotatable bonds is 5. The highest BCUT2D eigenvalue weighted by Crippen LogP contribution is 2.17. The van der Waals surface area contributed by atoms with E-state index in [-0.39, 0.29) is 0 Å². The first-order valence-electron chi connectivity index (χ1n) is 6.66. The van der Waals surface area contributed by atoms with Crippen molar-refractivity contribution < 1.29 is 5.11 Å². The molecular formula is C18H20O. The highest BCUT2D eigenvalue weighted by atomic mass is 16.3. The molecule has 2 aromatic carbocycles. The monoisotopic (exact) mass is 252 g/mol. The zero-order valence-electron chi connectivity index (χ0n) is 11.3. The van der Waals surface area contributed by atoms with Gasteiger partial charge in [0.25, 0.3) is 0 Å². The molecule has 0 saturated carbocycles. The van der Waals surface area contributed by atoms with E-state index in [0.29, 0.717) is 0 Å². The van der Waals surface area contributed by atoms with Crippen LogP contribution in [0.25, 0.3) is 6.08 Å². The summed E-state index contributed by atoms with van der Waals surface area (Å²) in [5.74, 6) is 0. The average Bonchev–Trinajstić information content (AvgIpc) is 2.46. The molecule has 0 fully saturated rings. The molecule has 1 N–H and O–H groups in total. The molecule has 0 aliphatic carbocycles. The zero-order chi connectivity index (χ0) is 13.6. The van der Waals surface area contributed by atoms with Crippen LogP contribution in [-0.4, -0.2) is 10.7 Å². The van der Waals surface area contributed by atoms with Gasteiger partial charge in [-0.1, -0.05) is 72.8 Å². The predicted molar refractivity (Wildman–Crippen MR) is 80.9 cm³/mol. The molecule has 0 aromatic heterocycles. The second-order valence-electron chi connectivity index (χ2n) is 5.09. The standard InChI is InChI=1S/C18H20O/c1-18(19,14-12-16-8-4-2-5-9-16)15-13-17-10-6-3-7-11-17/h2-12,14,19H,13,15H2,1H3/b14-12+. The fourth-order valence-electron chi connectivity index (χ4n) is 1.97. The van der Waals surface area contributed by atoms with Gasteiger partial charge in [0.05, 0.1) is 5.60 Å². The van der Waals surface area contributed by atoms with Crippen molar-refractivity contribution in [3.05, 3.63) is 77.9 Å². The molecule has 2 aromatic rings. The second kappa shape index (κ2) is 6.35. The fraction of sp³-hybridized carbons (Fsp3) is 0.222. The maximum absolute atomic E-state index is 10.4. The van der Waals surface area contributed by atoms with Gasteiger partial charge in [-0.2, -0.15) is 0 Å². The number of aliphatic hydroxyl groups is 1. The summed E-state index contributed by atoms with van der Waals surface area (Å²) < 4.78 is 0. The van der Waals surface area contributed by atoms with Gasteiger partial charge < -0.3 is 5.11 Å². The highest BCUT2D eigenvalue weighted by molar-refractivity contribution is 5.50. The first kappa shape index (κ1) is 13.6. The van der Waals surface area contributed by atoms with Gasteiger partial charge in [-0.05, 0) is 30.9 Å². The van der Waals surface area contributed by atoms with Crippen LogP contribution in [0, 0.1) is 0 Å². The summed E-state index contributed by atoms with van der Waals surface area (Å²) >= 11 is 0. The predicted octanol–water partition coefficient (Wildman–Crippen LogP) is 4.08. The molecule has 0 bridgehead atoms. The lowest BCUT2D eigenvalue weighted by atomic mass is 9.95. The molecule has 1 heteroatoms. The van der Waals surface area contributed by atoms with Crippen LogP contribution in [0.5, 0.6) is 0 Å². The molecule has 2 rings (SSSR count). The van der Waals surface area contributed by atoms with Gasteiger partial charge in [0.15, 0.2) is 0 Å². The normalized spacial score (nSPS) is 14.4. The van der Waals surface area contributed by atoms with Crippen LogP contribution in [0.15, 0.2) is 66.7 Å². The Kier molecular flexibility index (Phi) is 4.53. The van der Waals surface area contributed by atoms with Crippen LogP contribution >= 0.6 is 0 Å². The third-order valence-electron chi connectivity index (χ3n) is 3.20. The van der Waals surface area contributed by atoms with Gasteiger partial charge >= 0.3 is 0 Å². The zero-order valence-corrected chi connectivity index (χ0v) is 11.3. The molecule has 19 heavy (non-hydrogen) atoms. The van der Waals surface area contributed by atoms with Crippen molar-refractivity contribution in [2.75, 3.05) is 0 Å². The third-order valence-corrected chi connectivity index (χ3v) is 3.20. The topological polar surface area (TPSA) is 20.2 Å². The molecular weight excluding hydrogens is 232 g/mol. The molecule has 1 unspecified atom stereocenters. The number of hydrogen-bond acceptors (Lipinski definition) is 1. The Morgan fingerprint density at radius 3 is 2.16 bits per heavy atom. The van der Waals surface area contributed by atoms with E-state index >= 15 is 0 Å². The molecule has 0 aliphatic rings. The van der Waals surface area contributed by atoms with Crippen molar-refractivity contribution >= 4 is 6.08 Å². The Bertz CT molecular complexity index is 512. The van der Waals surface area contributed by atoms with Crippen LogP contribution in [-0.2, 0) is 6.42 Å². The summed E-state index contributed by atoms with van der Waals surface area (Å²) in [4.78, 5) is 0. The van der Waals surface area contributed by atoms with Crippen molar-refractivity contribution in [1.82, 2.24) is 0 Å². The first-order valence-corrected chi connectivity index (χ1v) is 6.66. The highest BCUT2D eigenvalue weighted by Gasteiger charge is 2.15. The lowest BCUT2D eigenvalue weighted by Crippen LogP contribution is -2.21. The average molecular weight is 252 g/mol. The Balaban J connectivity index is 1.93. The number of benzene rings is 2. The molecule has 0 aliphatic heterocycles. The molecule has 0 amide bonds. The lowest BCUT2D eigenvalue weighted by Gasteiger charge is -2.18. The van der Waals surface area contributed by atoms with Crippen LogP contribution in [0.1, 0.15) is 24.5 Å². The third kappa shape index (κ3) is 4.72.